The van der Waals surface area contributed by atoms with E-state index < -0.39 is 0 Å². The lowest BCUT2D eigenvalue weighted by atomic mass is 10.1. The Morgan fingerprint density at radius 1 is 0.857 bits per heavy atom. The summed E-state index contributed by atoms with van der Waals surface area (Å²) in [6.07, 6.45) is 7.81. The lowest BCUT2D eigenvalue weighted by molar-refractivity contribution is 0.819. The van der Waals surface area contributed by atoms with Gasteiger partial charge in [0.2, 0.25) is 0 Å². The van der Waals surface area contributed by atoms with Gasteiger partial charge < -0.3 is 0 Å². The van der Waals surface area contributed by atoms with Gasteiger partial charge in [0.1, 0.15) is 0 Å². The van der Waals surface area contributed by atoms with E-state index in [0.29, 0.717) is 0 Å². The second-order valence-electron chi connectivity index (χ2n) is 4.63. The van der Waals surface area contributed by atoms with Crippen molar-refractivity contribution in [2.24, 2.45) is 0 Å². The summed E-state index contributed by atoms with van der Waals surface area (Å²) in [6.45, 7) is 2.04. The molecule has 0 fully saturated rings. The fraction of sp³-hybridized carbons (Fsp3) is 0.263. The summed E-state index contributed by atoms with van der Waals surface area (Å²) in [5.41, 5.74) is 2.42. The molecule has 0 saturated carbocycles. The lowest BCUT2D eigenvalue weighted by Gasteiger charge is -2.00. The molecule has 2 rings (SSSR count). The zero-order valence-corrected chi connectivity index (χ0v) is 13.9. The molecule has 0 amide bonds. The highest BCUT2D eigenvalue weighted by Crippen LogP contribution is 2.20. The van der Waals surface area contributed by atoms with Crippen LogP contribution in [-0.4, -0.2) is 5.88 Å². The van der Waals surface area contributed by atoms with Crippen molar-refractivity contribution in [3.8, 4) is 11.1 Å². The van der Waals surface area contributed by atoms with Crippen LogP contribution in [0.4, 0.5) is 0 Å². The van der Waals surface area contributed by atoms with Crippen LogP contribution < -0.4 is 0 Å². The van der Waals surface area contributed by atoms with Crippen molar-refractivity contribution in [1.82, 2.24) is 0 Å². The van der Waals surface area contributed by atoms with Crippen molar-refractivity contribution in [2.45, 2.75) is 26.2 Å². The second kappa shape index (κ2) is 11.4. The maximum Gasteiger partial charge on any atom is 0.0406 e. The molecule has 0 unspecified atom stereocenters. The molecule has 0 spiro atoms. The largest absolute Gasteiger partial charge is 0.127 e. The van der Waals surface area contributed by atoms with E-state index in [0.717, 1.165) is 17.3 Å². The number of halogens is 2. The van der Waals surface area contributed by atoms with Gasteiger partial charge in [-0.25, -0.2) is 0 Å². The molecule has 21 heavy (non-hydrogen) atoms. The first kappa shape index (κ1) is 17.8. The van der Waals surface area contributed by atoms with Crippen LogP contribution in [0.15, 0.2) is 66.7 Å². The standard InChI is InChI=1S/C12H9Cl.C7H13Cl/c13-12-8-6-11(7-9-12)10-4-2-1-3-5-10;1-2-3-4-5-6-7-8/h1-9H;2-3H,4-7H2,1H3. The normalized spacial score (nSPS) is 10.2. The van der Waals surface area contributed by atoms with Crippen molar-refractivity contribution >= 4 is 23.2 Å². The summed E-state index contributed by atoms with van der Waals surface area (Å²) in [4.78, 5) is 0. The van der Waals surface area contributed by atoms with Gasteiger partial charge in [-0.15, -0.1) is 11.6 Å². The minimum Gasteiger partial charge on any atom is -0.127 e. The summed E-state index contributed by atoms with van der Waals surface area (Å²) in [5, 5.41) is 0.777. The summed E-state index contributed by atoms with van der Waals surface area (Å²) in [7, 11) is 0. The lowest BCUT2D eigenvalue weighted by Crippen LogP contribution is -1.74. The van der Waals surface area contributed by atoms with Gasteiger partial charge in [0.05, 0.1) is 0 Å². The van der Waals surface area contributed by atoms with Gasteiger partial charge in [0, 0.05) is 10.9 Å². The third kappa shape index (κ3) is 7.94. The maximum atomic E-state index is 5.80. The van der Waals surface area contributed by atoms with Crippen LogP contribution >= 0.6 is 23.2 Å². The average Bonchev–Trinajstić information content (AvgIpc) is 2.54. The highest BCUT2D eigenvalue weighted by atomic mass is 35.5. The Bertz CT molecular complexity index is 501. The molecule has 0 nitrogen and oxygen atoms in total. The third-order valence-electron chi connectivity index (χ3n) is 2.94. The smallest absolute Gasteiger partial charge is 0.0406 e. The van der Waals surface area contributed by atoms with Crippen molar-refractivity contribution in [1.29, 1.82) is 0 Å². The first-order valence-corrected chi connectivity index (χ1v) is 8.17. The van der Waals surface area contributed by atoms with E-state index in [2.05, 4.69) is 24.3 Å². The van der Waals surface area contributed by atoms with E-state index in [1.54, 1.807) is 0 Å². The zero-order chi connectivity index (χ0) is 15.3. The molecule has 0 bridgehead atoms. The minimum absolute atomic E-state index is 0.777. The van der Waals surface area contributed by atoms with Crippen LogP contribution in [0.2, 0.25) is 5.02 Å². The quantitative estimate of drug-likeness (QED) is 0.316. The Kier molecular flexibility index (Phi) is 9.69. The molecule has 0 N–H and O–H groups in total. The predicted molar refractivity (Wildman–Crippen MR) is 96.3 cm³/mol. The molecule has 0 aliphatic heterocycles. The molecular weight excluding hydrogens is 299 g/mol. The SMILES string of the molecule is CC=CCCCCCl.Clc1ccc(-c2ccccc2)cc1. The molecule has 0 heterocycles. The number of alkyl halides is 1. The Labute approximate surface area is 138 Å². The van der Waals surface area contributed by atoms with Gasteiger partial charge in [-0.05, 0) is 49.4 Å². The van der Waals surface area contributed by atoms with Gasteiger partial charge in [-0.3, -0.25) is 0 Å². The highest BCUT2D eigenvalue weighted by molar-refractivity contribution is 6.30. The number of rotatable bonds is 5. The summed E-state index contributed by atoms with van der Waals surface area (Å²) in [6, 6.07) is 18.1. The highest BCUT2D eigenvalue weighted by Gasteiger charge is 1.94. The van der Waals surface area contributed by atoms with Crippen LogP contribution in [0.3, 0.4) is 0 Å². The topological polar surface area (TPSA) is 0 Å². The first-order chi connectivity index (χ1) is 10.3. The van der Waals surface area contributed by atoms with Gasteiger partial charge in [0.15, 0.2) is 0 Å². The molecule has 0 aromatic heterocycles. The van der Waals surface area contributed by atoms with Crippen molar-refractivity contribution in [2.75, 3.05) is 5.88 Å². The monoisotopic (exact) mass is 320 g/mol. The molecule has 0 atom stereocenters. The fourth-order valence-electron chi connectivity index (χ4n) is 1.80. The molecule has 0 aliphatic rings. The first-order valence-electron chi connectivity index (χ1n) is 7.26. The fourth-order valence-corrected chi connectivity index (χ4v) is 2.11. The van der Waals surface area contributed by atoms with Crippen LogP contribution in [0.5, 0.6) is 0 Å². The van der Waals surface area contributed by atoms with Gasteiger partial charge in [-0.1, -0.05) is 66.2 Å². The van der Waals surface area contributed by atoms with Crippen LogP contribution in [-0.2, 0) is 0 Å². The minimum atomic E-state index is 0.777. The van der Waals surface area contributed by atoms with Crippen molar-refractivity contribution < 1.29 is 0 Å². The summed E-state index contributed by atoms with van der Waals surface area (Å²) >= 11 is 11.3. The predicted octanol–water partition coefficient (Wildman–Crippen LogP) is 6.98. The summed E-state index contributed by atoms with van der Waals surface area (Å²) < 4.78 is 0. The number of hydrogen-bond acceptors (Lipinski definition) is 0. The van der Waals surface area contributed by atoms with Gasteiger partial charge in [-0.2, -0.15) is 0 Å². The van der Waals surface area contributed by atoms with Crippen molar-refractivity contribution in [3.63, 3.8) is 0 Å². The van der Waals surface area contributed by atoms with E-state index in [4.69, 9.17) is 23.2 Å². The van der Waals surface area contributed by atoms with Crippen LogP contribution in [0.1, 0.15) is 26.2 Å². The Morgan fingerprint density at radius 3 is 2.05 bits per heavy atom. The Hall–Kier alpha value is -1.24. The second-order valence-corrected chi connectivity index (χ2v) is 5.44. The maximum absolute atomic E-state index is 5.80. The number of unbranched alkanes of at least 4 members (excludes halogenated alkanes) is 2. The van der Waals surface area contributed by atoms with Crippen LogP contribution in [0, 0.1) is 0 Å². The molecule has 2 heteroatoms. The van der Waals surface area contributed by atoms with E-state index in [-0.39, 0.29) is 0 Å². The third-order valence-corrected chi connectivity index (χ3v) is 3.46. The molecule has 0 radical (unpaired) electrons. The summed E-state index contributed by atoms with van der Waals surface area (Å²) in [5.74, 6) is 0.803. The number of hydrogen-bond donors (Lipinski definition) is 0. The van der Waals surface area contributed by atoms with Gasteiger partial charge >= 0.3 is 0 Å². The molecule has 2 aromatic carbocycles. The Balaban J connectivity index is 0.000000240. The number of allylic oxidation sites excluding steroid dienone is 2. The van der Waals surface area contributed by atoms with E-state index in [1.165, 1.54) is 24.0 Å². The van der Waals surface area contributed by atoms with Crippen LogP contribution in [0.25, 0.3) is 11.1 Å². The molecule has 0 aliphatic carbocycles. The Morgan fingerprint density at radius 2 is 1.48 bits per heavy atom. The molecular formula is C19H22Cl2. The van der Waals surface area contributed by atoms with E-state index in [1.807, 2.05) is 49.4 Å². The average molecular weight is 321 g/mol. The van der Waals surface area contributed by atoms with Crippen molar-refractivity contribution in [3.05, 3.63) is 71.8 Å². The van der Waals surface area contributed by atoms with E-state index in [9.17, 15) is 0 Å². The molecule has 112 valence electrons. The molecule has 0 saturated heterocycles. The zero-order valence-electron chi connectivity index (χ0n) is 12.4. The van der Waals surface area contributed by atoms with E-state index >= 15 is 0 Å². The number of benzene rings is 2. The van der Waals surface area contributed by atoms with Gasteiger partial charge in [0.25, 0.3) is 0 Å². The molecule has 2 aromatic rings.